The molecule has 0 amide bonds. The zero-order valence-corrected chi connectivity index (χ0v) is 28.1. The fourth-order valence-electron chi connectivity index (χ4n) is 7.58. The normalized spacial score (nSPS) is 14.3. The average Bonchev–Trinajstić information content (AvgIpc) is 3.76. The third-order valence-electron chi connectivity index (χ3n) is 9.96. The first-order valence-electron chi connectivity index (χ1n) is 16.0. The first-order chi connectivity index (χ1) is 23.5. The number of imidazole rings is 1. The molecule has 5 heterocycles. The van der Waals surface area contributed by atoms with Crippen molar-refractivity contribution in [3.05, 3.63) is 156 Å². The summed E-state index contributed by atoms with van der Waals surface area (Å²) in [6, 6.07) is 41.0. The number of anilines is 3. The molecule has 0 N–H and O–H groups in total. The second-order valence-corrected chi connectivity index (χ2v) is 13.0. The van der Waals surface area contributed by atoms with Gasteiger partial charge in [0.2, 0.25) is 0 Å². The van der Waals surface area contributed by atoms with Gasteiger partial charge in [-0.05, 0) is 35.2 Å². The molecule has 1 atom stereocenters. The molecular weight excluding hydrogens is 702 g/mol. The Bertz CT molecular complexity index is 2760. The van der Waals surface area contributed by atoms with Gasteiger partial charge in [-0.1, -0.05) is 78.3 Å². The number of pyridine rings is 2. The standard InChI is InChI=1S/C42H27FN4O.Pd/c1-42(2)33-13-8-18-44-41(33)47(36-24-38-31(23-34(36)42)30-12-4-6-15-37(30)48-38)27-10-7-9-25(21-27)39(43)26-16-17-28-29-11-3-5-14-35(29)46-20-19-45-40(46)32(28)22-26;/h3-20,23-24,39H,1-2H3;/q-2;+2. The first kappa shape index (κ1) is 29.8. The van der Waals surface area contributed by atoms with Crippen LogP contribution in [0.4, 0.5) is 21.6 Å². The summed E-state index contributed by atoms with van der Waals surface area (Å²) in [6.45, 7) is 4.45. The Morgan fingerprint density at radius 1 is 0.714 bits per heavy atom. The smallest absolute Gasteiger partial charge is 0.456 e. The van der Waals surface area contributed by atoms with Crippen molar-refractivity contribution in [3.63, 3.8) is 0 Å². The van der Waals surface area contributed by atoms with E-state index in [1.807, 2.05) is 71.3 Å². The van der Waals surface area contributed by atoms with Gasteiger partial charge in [0.15, 0.2) is 0 Å². The molecule has 1 unspecified atom stereocenters. The van der Waals surface area contributed by atoms with E-state index in [0.29, 0.717) is 16.8 Å². The van der Waals surface area contributed by atoms with Gasteiger partial charge >= 0.3 is 20.4 Å². The van der Waals surface area contributed by atoms with Crippen LogP contribution in [0.15, 0.2) is 126 Å². The van der Waals surface area contributed by atoms with Crippen LogP contribution in [-0.2, 0) is 25.8 Å². The number of hydrogen-bond acceptors (Lipinski definition) is 4. The van der Waals surface area contributed by atoms with Crippen LogP contribution < -0.4 is 4.90 Å². The van der Waals surface area contributed by atoms with E-state index >= 15 is 4.39 Å². The van der Waals surface area contributed by atoms with Gasteiger partial charge in [0.05, 0.1) is 11.3 Å². The minimum absolute atomic E-state index is 0. The number of rotatable bonds is 3. The van der Waals surface area contributed by atoms with E-state index in [-0.39, 0.29) is 25.8 Å². The molecule has 9 aromatic rings. The van der Waals surface area contributed by atoms with Crippen molar-refractivity contribution in [2.75, 3.05) is 4.90 Å². The summed E-state index contributed by atoms with van der Waals surface area (Å²) in [5.74, 6) is 0.792. The number of benzene rings is 5. The predicted molar refractivity (Wildman–Crippen MR) is 189 cm³/mol. The maximum atomic E-state index is 16.7. The van der Waals surface area contributed by atoms with E-state index in [0.717, 1.165) is 71.9 Å². The molecular formula is C42H27FN4OPd. The minimum Gasteiger partial charge on any atom is -0.456 e. The summed E-state index contributed by atoms with van der Waals surface area (Å²) < 4.78 is 25.1. The molecule has 5 nitrogen and oxygen atoms in total. The summed E-state index contributed by atoms with van der Waals surface area (Å²) in [5.41, 5.74) is 7.79. The van der Waals surface area contributed by atoms with Crippen LogP contribution in [0, 0.1) is 12.1 Å². The van der Waals surface area contributed by atoms with Crippen LogP contribution in [0.3, 0.4) is 0 Å². The van der Waals surface area contributed by atoms with Crippen molar-refractivity contribution in [2.45, 2.75) is 25.4 Å². The van der Waals surface area contributed by atoms with Crippen LogP contribution in [-0.4, -0.2) is 14.4 Å². The predicted octanol–water partition coefficient (Wildman–Crippen LogP) is 10.7. The van der Waals surface area contributed by atoms with Crippen molar-refractivity contribution in [1.29, 1.82) is 0 Å². The quantitative estimate of drug-likeness (QED) is 0.103. The van der Waals surface area contributed by atoms with Crippen molar-refractivity contribution >= 4 is 66.5 Å². The van der Waals surface area contributed by atoms with Gasteiger partial charge < -0.3 is 13.7 Å². The number of alkyl halides is 1. The van der Waals surface area contributed by atoms with Gasteiger partial charge in [-0.3, -0.25) is 4.98 Å². The van der Waals surface area contributed by atoms with E-state index < -0.39 is 6.17 Å². The summed E-state index contributed by atoms with van der Waals surface area (Å²) in [7, 11) is 0. The van der Waals surface area contributed by atoms with Gasteiger partial charge in [-0.15, -0.1) is 29.8 Å². The Morgan fingerprint density at radius 2 is 1.53 bits per heavy atom. The molecule has 7 heteroatoms. The maximum Gasteiger partial charge on any atom is 2.00 e. The fourth-order valence-corrected chi connectivity index (χ4v) is 7.58. The number of hydrogen-bond donors (Lipinski definition) is 0. The Morgan fingerprint density at radius 3 is 2.43 bits per heavy atom. The molecule has 0 bridgehead atoms. The molecule has 4 aromatic heterocycles. The van der Waals surface area contributed by atoms with Crippen molar-refractivity contribution in [3.8, 4) is 0 Å². The summed E-state index contributed by atoms with van der Waals surface area (Å²) in [6.07, 6.45) is 4.05. The van der Waals surface area contributed by atoms with Gasteiger partial charge in [0.1, 0.15) is 23.2 Å². The molecule has 238 valence electrons. The van der Waals surface area contributed by atoms with Crippen LogP contribution in [0.25, 0.3) is 49.3 Å². The first-order valence-corrected chi connectivity index (χ1v) is 16.0. The second-order valence-electron chi connectivity index (χ2n) is 13.0. The molecule has 0 saturated heterocycles. The number of nitrogens with zero attached hydrogens (tertiary/aromatic N) is 4. The van der Waals surface area contributed by atoms with Gasteiger partial charge in [-0.2, -0.15) is 18.2 Å². The van der Waals surface area contributed by atoms with Crippen LogP contribution in [0.1, 0.15) is 42.3 Å². The molecule has 5 aromatic carbocycles. The van der Waals surface area contributed by atoms with Gasteiger partial charge in [0.25, 0.3) is 0 Å². The SMILES string of the molecule is CC1(C)c2cc3c(cc2N(c2[c-]c(C(F)c4[c-]c5c(cc4)c4ccccc4n4ccnc54)ccc2)c2ncccc21)oc1ccccc13.[Pd+2]. The number of fused-ring (bicyclic) bond motifs is 11. The zero-order valence-electron chi connectivity index (χ0n) is 26.5. The monoisotopic (exact) mass is 728 g/mol. The van der Waals surface area contributed by atoms with Crippen molar-refractivity contribution in [2.24, 2.45) is 0 Å². The third-order valence-corrected chi connectivity index (χ3v) is 9.96. The Labute approximate surface area is 295 Å². The largest absolute Gasteiger partial charge is 2.00 e. The molecule has 1 aliphatic heterocycles. The molecule has 49 heavy (non-hydrogen) atoms. The van der Waals surface area contributed by atoms with Gasteiger partial charge in [0, 0.05) is 51.9 Å². The number of para-hydroxylation sites is 2. The molecule has 0 spiro atoms. The van der Waals surface area contributed by atoms with E-state index in [1.54, 1.807) is 18.5 Å². The maximum absolute atomic E-state index is 16.7. The van der Waals surface area contributed by atoms with Crippen LogP contribution in [0.5, 0.6) is 0 Å². The summed E-state index contributed by atoms with van der Waals surface area (Å²) >= 11 is 0. The number of aromatic nitrogens is 3. The average molecular weight is 729 g/mol. The minimum atomic E-state index is -1.46. The molecule has 0 aliphatic carbocycles. The van der Waals surface area contributed by atoms with E-state index in [9.17, 15) is 0 Å². The Balaban J connectivity index is 0.00000325. The summed E-state index contributed by atoms with van der Waals surface area (Å²) in [5, 5.41) is 5.00. The van der Waals surface area contributed by atoms with E-state index in [2.05, 4.69) is 72.3 Å². The molecule has 0 saturated carbocycles. The summed E-state index contributed by atoms with van der Waals surface area (Å²) in [4.78, 5) is 11.6. The van der Waals surface area contributed by atoms with Crippen LogP contribution >= 0.6 is 0 Å². The molecule has 0 fully saturated rings. The Kier molecular flexibility index (Phi) is 6.58. The Hall–Kier alpha value is -5.35. The third kappa shape index (κ3) is 4.26. The van der Waals surface area contributed by atoms with Crippen molar-refractivity contribution in [1.82, 2.24) is 14.4 Å². The second kappa shape index (κ2) is 10.8. The van der Waals surface area contributed by atoms with Gasteiger partial charge in [-0.25, -0.2) is 9.37 Å². The molecule has 1 aliphatic rings. The molecule has 0 radical (unpaired) electrons. The fraction of sp³-hybridized carbons (Fsp3) is 0.0952. The van der Waals surface area contributed by atoms with E-state index in [4.69, 9.17) is 9.40 Å². The van der Waals surface area contributed by atoms with Crippen molar-refractivity contribution < 1.29 is 29.2 Å². The van der Waals surface area contributed by atoms with Crippen LogP contribution in [0.2, 0.25) is 0 Å². The van der Waals surface area contributed by atoms with E-state index in [1.165, 1.54) is 0 Å². The number of furan rings is 1. The number of halogens is 1. The zero-order chi connectivity index (χ0) is 32.1. The topological polar surface area (TPSA) is 46.6 Å². The molecule has 10 rings (SSSR count).